The molecule has 0 spiro atoms. The van der Waals surface area contributed by atoms with Crippen molar-refractivity contribution in [1.82, 2.24) is 24.5 Å². The van der Waals surface area contributed by atoms with Crippen LogP contribution in [0.4, 0.5) is 0 Å². The molecule has 3 aromatic rings. The standard InChI is InChI=1S/C12H11N5O2/c1-16(2)12(19)8-6-9-14-10-7(4-3-5-13-10)11(18)17(9)15-8/h3-6H,1-2H3,(H,13,14). The maximum Gasteiger partial charge on any atom is 0.283 e. The van der Waals surface area contributed by atoms with Crippen LogP contribution in [-0.4, -0.2) is 44.5 Å². The Bertz CT molecular complexity index is 846. The third-order valence-electron chi connectivity index (χ3n) is 2.81. The predicted molar refractivity (Wildman–Crippen MR) is 69.1 cm³/mol. The van der Waals surface area contributed by atoms with Crippen LogP contribution < -0.4 is 5.56 Å². The third kappa shape index (κ3) is 1.67. The van der Waals surface area contributed by atoms with Gasteiger partial charge in [-0.25, -0.2) is 4.98 Å². The van der Waals surface area contributed by atoms with Crippen LogP contribution in [0, 0.1) is 0 Å². The fourth-order valence-corrected chi connectivity index (χ4v) is 1.87. The molecule has 0 aliphatic heterocycles. The van der Waals surface area contributed by atoms with Crippen molar-refractivity contribution in [3.63, 3.8) is 0 Å². The smallest absolute Gasteiger partial charge is 0.283 e. The highest BCUT2D eigenvalue weighted by molar-refractivity contribution is 5.93. The summed E-state index contributed by atoms with van der Waals surface area (Å²) in [6.45, 7) is 0. The van der Waals surface area contributed by atoms with Gasteiger partial charge in [0.15, 0.2) is 5.69 Å². The van der Waals surface area contributed by atoms with Crippen LogP contribution in [-0.2, 0) is 0 Å². The molecule has 0 bridgehead atoms. The molecule has 7 nitrogen and oxygen atoms in total. The van der Waals surface area contributed by atoms with Gasteiger partial charge in [-0.05, 0) is 12.1 Å². The topological polar surface area (TPSA) is 83.4 Å². The average Bonchev–Trinajstić information content (AvgIpc) is 2.82. The largest absolute Gasteiger partial charge is 0.343 e. The number of carbonyl (C=O) groups excluding carboxylic acids is 1. The fraction of sp³-hybridized carbons (Fsp3) is 0.167. The SMILES string of the molecule is CN(C)C(=O)c1cc2[nH]c3ncccc3c(=O)n2n1. The van der Waals surface area contributed by atoms with E-state index in [0.29, 0.717) is 16.7 Å². The molecule has 0 saturated carbocycles. The summed E-state index contributed by atoms with van der Waals surface area (Å²) < 4.78 is 1.18. The van der Waals surface area contributed by atoms with Crippen LogP contribution in [0.1, 0.15) is 10.5 Å². The normalized spacial score (nSPS) is 11.1. The van der Waals surface area contributed by atoms with Crippen LogP contribution in [0.15, 0.2) is 29.2 Å². The molecular formula is C12H11N5O2. The minimum Gasteiger partial charge on any atom is -0.343 e. The number of rotatable bonds is 1. The van der Waals surface area contributed by atoms with Crippen molar-refractivity contribution in [2.75, 3.05) is 14.1 Å². The van der Waals surface area contributed by atoms with Crippen molar-refractivity contribution < 1.29 is 4.79 Å². The molecule has 0 aliphatic rings. The Balaban J connectivity index is 2.34. The van der Waals surface area contributed by atoms with E-state index in [-0.39, 0.29) is 17.2 Å². The Morgan fingerprint density at radius 3 is 2.95 bits per heavy atom. The van der Waals surface area contributed by atoms with Gasteiger partial charge in [0.2, 0.25) is 0 Å². The number of hydrogen-bond acceptors (Lipinski definition) is 4. The van der Waals surface area contributed by atoms with E-state index in [9.17, 15) is 9.59 Å². The first kappa shape index (κ1) is 11.4. The molecule has 0 atom stereocenters. The van der Waals surface area contributed by atoms with Crippen molar-refractivity contribution in [3.8, 4) is 0 Å². The maximum atomic E-state index is 12.2. The van der Waals surface area contributed by atoms with E-state index in [0.717, 1.165) is 0 Å². The lowest BCUT2D eigenvalue weighted by Gasteiger charge is -2.05. The third-order valence-corrected chi connectivity index (χ3v) is 2.81. The number of aromatic amines is 1. The number of carbonyl (C=O) groups is 1. The van der Waals surface area contributed by atoms with E-state index in [1.807, 2.05) is 0 Å². The van der Waals surface area contributed by atoms with E-state index in [2.05, 4.69) is 15.1 Å². The van der Waals surface area contributed by atoms with E-state index in [1.165, 1.54) is 15.5 Å². The summed E-state index contributed by atoms with van der Waals surface area (Å²) in [5, 5.41) is 4.47. The van der Waals surface area contributed by atoms with Gasteiger partial charge >= 0.3 is 0 Å². The molecule has 7 heteroatoms. The Morgan fingerprint density at radius 1 is 1.42 bits per heavy atom. The van der Waals surface area contributed by atoms with E-state index < -0.39 is 0 Å². The summed E-state index contributed by atoms with van der Waals surface area (Å²) in [7, 11) is 3.26. The fourth-order valence-electron chi connectivity index (χ4n) is 1.87. The summed E-state index contributed by atoms with van der Waals surface area (Å²) >= 11 is 0. The highest BCUT2D eigenvalue weighted by atomic mass is 16.2. The van der Waals surface area contributed by atoms with Gasteiger partial charge in [0.1, 0.15) is 11.3 Å². The molecule has 0 aliphatic carbocycles. The van der Waals surface area contributed by atoms with Crippen LogP contribution in [0.5, 0.6) is 0 Å². The summed E-state index contributed by atoms with van der Waals surface area (Å²) in [5.74, 6) is -0.256. The highest BCUT2D eigenvalue weighted by Gasteiger charge is 2.15. The van der Waals surface area contributed by atoms with Gasteiger partial charge in [-0.15, -0.1) is 0 Å². The molecular weight excluding hydrogens is 246 g/mol. The van der Waals surface area contributed by atoms with Gasteiger partial charge in [-0.1, -0.05) is 0 Å². The van der Waals surface area contributed by atoms with Crippen molar-refractivity contribution in [3.05, 3.63) is 40.4 Å². The van der Waals surface area contributed by atoms with Gasteiger partial charge < -0.3 is 9.88 Å². The summed E-state index contributed by atoms with van der Waals surface area (Å²) in [4.78, 5) is 32.5. The average molecular weight is 257 g/mol. The molecule has 0 unspecified atom stereocenters. The van der Waals surface area contributed by atoms with Crippen LogP contribution in [0.3, 0.4) is 0 Å². The van der Waals surface area contributed by atoms with Gasteiger partial charge in [0, 0.05) is 26.4 Å². The van der Waals surface area contributed by atoms with Gasteiger partial charge in [0.25, 0.3) is 11.5 Å². The van der Waals surface area contributed by atoms with Gasteiger partial charge in [-0.3, -0.25) is 9.59 Å². The Hall–Kier alpha value is -2.70. The molecule has 3 rings (SSSR count). The number of hydrogen-bond donors (Lipinski definition) is 1. The molecule has 0 saturated heterocycles. The molecule has 3 heterocycles. The molecule has 1 amide bonds. The number of aromatic nitrogens is 4. The first-order chi connectivity index (χ1) is 9.08. The first-order valence-electron chi connectivity index (χ1n) is 5.66. The van der Waals surface area contributed by atoms with E-state index in [4.69, 9.17) is 0 Å². The molecule has 3 aromatic heterocycles. The Kier molecular flexibility index (Phi) is 2.34. The van der Waals surface area contributed by atoms with Crippen molar-refractivity contribution >= 4 is 22.6 Å². The van der Waals surface area contributed by atoms with Gasteiger partial charge in [0.05, 0.1) is 5.39 Å². The summed E-state index contributed by atoms with van der Waals surface area (Å²) in [6.07, 6.45) is 1.59. The highest BCUT2D eigenvalue weighted by Crippen LogP contribution is 2.08. The quantitative estimate of drug-likeness (QED) is 0.678. The molecule has 1 N–H and O–H groups in total. The summed E-state index contributed by atoms with van der Waals surface area (Å²) in [5.41, 5.74) is 0.841. The molecule has 0 fully saturated rings. The predicted octanol–water partition coefficient (Wildman–Crippen LogP) is 0.273. The number of nitrogens with one attached hydrogen (secondary N) is 1. The molecule has 96 valence electrons. The van der Waals surface area contributed by atoms with E-state index >= 15 is 0 Å². The van der Waals surface area contributed by atoms with Crippen molar-refractivity contribution in [2.45, 2.75) is 0 Å². The Labute approximate surface area is 107 Å². The van der Waals surface area contributed by atoms with Crippen molar-refractivity contribution in [1.29, 1.82) is 0 Å². The summed E-state index contributed by atoms with van der Waals surface area (Å²) in [6, 6.07) is 4.88. The van der Waals surface area contributed by atoms with Crippen molar-refractivity contribution in [2.24, 2.45) is 0 Å². The number of fused-ring (bicyclic) bond motifs is 2. The molecule has 0 radical (unpaired) electrons. The van der Waals surface area contributed by atoms with Gasteiger partial charge in [-0.2, -0.15) is 9.61 Å². The number of nitrogens with zero attached hydrogens (tertiary/aromatic N) is 4. The molecule has 0 aromatic carbocycles. The number of H-pyrrole nitrogens is 1. The van der Waals surface area contributed by atoms with Crippen LogP contribution in [0.2, 0.25) is 0 Å². The minimum atomic E-state index is -0.297. The van der Waals surface area contributed by atoms with E-state index in [1.54, 1.807) is 32.4 Å². The minimum absolute atomic E-state index is 0.216. The zero-order chi connectivity index (χ0) is 13.6. The maximum absolute atomic E-state index is 12.2. The lowest BCUT2D eigenvalue weighted by molar-refractivity contribution is 0.0821. The number of amides is 1. The van der Waals surface area contributed by atoms with Crippen LogP contribution in [0.25, 0.3) is 16.7 Å². The molecule has 19 heavy (non-hydrogen) atoms. The Morgan fingerprint density at radius 2 is 2.21 bits per heavy atom. The lowest BCUT2D eigenvalue weighted by atomic mass is 10.3. The lowest BCUT2D eigenvalue weighted by Crippen LogP contribution is -2.23. The first-order valence-corrected chi connectivity index (χ1v) is 5.66. The second-order valence-electron chi connectivity index (χ2n) is 4.36. The zero-order valence-electron chi connectivity index (χ0n) is 10.4. The number of pyridine rings is 1. The second-order valence-corrected chi connectivity index (χ2v) is 4.36. The van der Waals surface area contributed by atoms with Crippen LogP contribution >= 0.6 is 0 Å². The monoisotopic (exact) mass is 257 g/mol. The zero-order valence-corrected chi connectivity index (χ0v) is 10.4. The second kappa shape index (κ2) is 3.91.